The minimum Gasteiger partial charge on any atom is -0.493 e. The molecule has 0 spiro atoms. The van der Waals surface area contributed by atoms with Crippen molar-refractivity contribution in [2.45, 2.75) is 25.4 Å². The van der Waals surface area contributed by atoms with Crippen LogP contribution in [0.5, 0.6) is 5.75 Å². The van der Waals surface area contributed by atoms with Gasteiger partial charge in [0.25, 0.3) is 5.56 Å². The third kappa shape index (κ3) is 5.52. The Hall–Kier alpha value is -4.25. The zero-order chi connectivity index (χ0) is 25.9. The van der Waals surface area contributed by atoms with Crippen LogP contribution in [0.2, 0.25) is 0 Å². The van der Waals surface area contributed by atoms with Gasteiger partial charge in [0.2, 0.25) is 5.95 Å². The van der Waals surface area contributed by atoms with Gasteiger partial charge in [-0.2, -0.15) is 4.98 Å². The summed E-state index contributed by atoms with van der Waals surface area (Å²) in [5, 5.41) is 16.2. The first-order valence-electron chi connectivity index (χ1n) is 11.3. The van der Waals surface area contributed by atoms with Crippen molar-refractivity contribution >= 4 is 40.9 Å². The number of nitrogens with one attached hydrogen (secondary N) is 3. The molecule has 1 aliphatic rings. The first-order valence-corrected chi connectivity index (χ1v) is 11.3. The van der Waals surface area contributed by atoms with Crippen molar-refractivity contribution in [1.82, 2.24) is 19.9 Å². The number of aromatic amines is 1. The maximum Gasteiger partial charge on any atom is 0.272 e. The Morgan fingerprint density at radius 2 is 2.06 bits per heavy atom. The molecule has 3 aromatic heterocycles. The Labute approximate surface area is 207 Å². The van der Waals surface area contributed by atoms with Crippen LogP contribution in [0.3, 0.4) is 0 Å². The summed E-state index contributed by atoms with van der Waals surface area (Å²) < 4.78 is 19.2. The summed E-state index contributed by atoms with van der Waals surface area (Å²) in [5.41, 5.74) is -0.0738. The highest BCUT2D eigenvalue weighted by Gasteiger charge is 2.29. The van der Waals surface area contributed by atoms with E-state index >= 15 is 0 Å². The van der Waals surface area contributed by atoms with Crippen molar-refractivity contribution in [3.63, 3.8) is 0 Å². The van der Waals surface area contributed by atoms with Crippen LogP contribution in [0.4, 0.5) is 33.3 Å². The molecule has 4 heterocycles. The Morgan fingerprint density at radius 1 is 1.31 bits per heavy atom. The lowest BCUT2D eigenvalue weighted by Crippen LogP contribution is -2.42. The zero-order valence-corrected chi connectivity index (χ0v) is 20.1. The van der Waals surface area contributed by atoms with Crippen LogP contribution in [0.25, 0.3) is 11.9 Å². The predicted octanol–water partition coefficient (Wildman–Crippen LogP) is 3.99. The summed E-state index contributed by atoms with van der Waals surface area (Å²) in [5.74, 6) is 1.13. The fourth-order valence-electron chi connectivity index (χ4n) is 3.87. The molecule has 0 unspecified atom stereocenters. The molecule has 0 aliphatic carbocycles. The SMILES string of the molecule is C=Cc1cc(Nc2ccnc(Nc3cnc(N4CCC(C)(O)CC4)c(OC)c3)n2)c(=O)[nH]c1C(=C)F. The highest BCUT2D eigenvalue weighted by atomic mass is 19.1. The molecule has 4 rings (SSSR count). The van der Waals surface area contributed by atoms with Gasteiger partial charge in [-0.05, 0) is 31.9 Å². The molecule has 10 nitrogen and oxygen atoms in total. The van der Waals surface area contributed by atoms with Crippen molar-refractivity contribution in [2.75, 3.05) is 35.7 Å². The molecule has 0 saturated carbocycles. The maximum atomic E-state index is 13.6. The van der Waals surface area contributed by atoms with Crippen molar-refractivity contribution in [2.24, 2.45) is 0 Å². The summed E-state index contributed by atoms with van der Waals surface area (Å²) in [6.07, 6.45) is 5.89. The number of methoxy groups -OCH3 is 1. The highest BCUT2D eigenvalue weighted by Crippen LogP contribution is 2.33. The number of aliphatic hydroxyl groups is 1. The third-order valence-electron chi connectivity index (χ3n) is 5.93. The Balaban J connectivity index is 1.52. The van der Waals surface area contributed by atoms with E-state index in [-0.39, 0.29) is 17.3 Å². The van der Waals surface area contributed by atoms with Crippen LogP contribution < -0.4 is 25.8 Å². The first kappa shape index (κ1) is 24.9. The number of piperidine rings is 1. The number of ether oxygens (including phenoxy) is 1. The number of pyridine rings is 2. The molecular formula is C25H28FN7O3. The highest BCUT2D eigenvalue weighted by molar-refractivity contribution is 5.70. The standard InChI is InChI=1S/C25H28FN7O3/c1-5-16-12-18(23(34)32-21(16)15(2)26)30-20-6-9-27-24(31-20)29-17-13-19(36-4)22(28-14-17)33-10-7-25(3,35)8-11-33/h5-6,9,12-14,35H,1-2,7-8,10-11H2,3-4H3,(H,32,34)(H2,27,29,30,31). The van der Waals surface area contributed by atoms with Crippen molar-refractivity contribution < 1.29 is 14.2 Å². The van der Waals surface area contributed by atoms with Crippen LogP contribution >= 0.6 is 0 Å². The fourth-order valence-corrected chi connectivity index (χ4v) is 3.87. The molecule has 0 radical (unpaired) electrons. The van der Waals surface area contributed by atoms with E-state index in [9.17, 15) is 14.3 Å². The summed E-state index contributed by atoms with van der Waals surface area (Å²) in [6, 6.07) is 4.85. The lowest BCUT2D eigenvalue weighted by atomic mass is 9.94. The third-order valence-corrected chi connectivity index (χ3v) is 5.93. The minimum atomic E-state index is -0.760. The van der Waals surface area contributed by atoms with Crippen molar-refractivity contribution in [1.29, 1.82) is 0 Å². The number of nitrogens with zero attached hydrogens (tertiary/aromatic N) is 4. The predicted molar refractivity (Wildman–Crippen MR) is 139 cm³/mol. The molecule has 0 amide bonds. The molecule has 1 aliphatic heterocycles. The molecule has 188 valence electrons. The number of hydrogen-bond donors (Lipinski definition) is 4. The van der Waals surface area contributed by atoms with Crippen molar-refractivity contribution in [3.8, 4) is 5.75 Å². The Morgan fingerprint density at radius 3 is 2.72 bits per heavy atom. The van der Waals surface area contributed by atoms with E-state index < -0.39 is 17.0 Å². The maximum absolute atomic E-state index is 13.6. The Bertz CT molecular complexity index is 1350. The quantitative estimate of drug-likeness (QED) is 0.368. The molecule has 0 bridgehead atoms. The van der Waals surface area contributed by atoms with Gasteiger partial charge in [0.05, 0.1) is 30.3 Å². The van der Waals surface area contributed by atoms with E-state index in [1.54, 1.807) is 25.4 Å². The second kappa shape index (κ2) is 10.2. The van der Waals surface area contributed by atoms with E-state index in [0.29, 0.717) is 54.6 Å². The largest absolute Gasteiger partial charge is 0.493 e. The molecule has 0 atom stereocenters. The molecule has 36 heavy (non-hydrogen) atoms. The van der Waals surface area contributed by atoms with Crippen LogP contribution in [-0.4, -0.2) is 50.8 Å². The van der Waals surface area contributed by atoms with Crippen LogP contribution in [0, 0.1) is 0 Å². The minimum absolute atomic E-state index is 0.0228. The van der Waals surface area contributed by atoms with Crippen molar-refractivity contribution in [3.05, 3.63) is 65.4 Å². The van der Waals surface area contributed by atoms with Gasteiger partial charge in [-0.1, -0.05) is 19.2 Å². The number of anilines is 5. The van der Waals surface area contributed by atoms with Crippen LogP contribution in [0.1, 0.15) is 31.0 Å². The molecule has 1 fully saturated rings. The van der Waals surface area contributed by atoms with E-state index in [2.05, 4.69) is 48.6 Å². The number of hydrogen-bond acceptors (Lipinski definition) is 9. The van der Waals surface area contributed by atoms with Gasteiger partial charge in [-0.15, -0.1) is 0 Å². The number of aromatic nitrogens is 4. The zero-order valence-electron chi connectivity index (χ0n) is 20.1. The topological polar surface area (TPSA) is 128 Å². The van der Waals surface area contributed by atoms with E-state index in [1.807, 2.05) is 6.92 Å². The Kier molecular flexibility index (Phi) is 7.02. The molecule has 1 saturated heterocycles. The second-order valence-corrected chi connectivity index (χ2v) is 8.70. The van der Waals surface area contributed by atoms with Gasteiger partial charge in [-0.3, -0.25) is 4.79 Å². The average Bonchev–Trinajstić information content (AvgIpc) is 2.85. The average molecular weight is 494 g/mol. The van der Waals surface area contributed by atoms with E-state index in [1.165, 1.54) is 18.3 Å². The van der Waals surface area contributed by atoms with E-state index in [4.69, 9.17) is 4.74 Å². The van der Waals surface area contributed by atoms with Crippen LogP contribution in [0.15, 0.2) is 48.5 Å². The number of H-pyrrole nitrogens is 1. The summed E-state index contributed by atoms with van der Waals surface area (Å²) >= 11 is 0. The lowest BCUT2D eigenvalue weighted by molar-refractivity contribution is 0.0349. The first-order chi connectivity index (χ1) is 17.2. The molecule has 4 N–H and O–H groups in total. The molecule has 3 aromatic rings. The fraction of sp³-hybridized carbons (Fsp3) is 0.280. The lowest BCUT2D eigenvalue weighted by Gasteiger charge is -2.36. The normalized spacial score (nSPS) is 14.7. The summed E-state index contributed by atoms with van der Waals surface area (Å²) in [4.78, 5) is 30.1. The monoisotopic (exact) mass is 493 g/mol. The second-order valence-electron chi connectivity index (χ2n) is 8.70. The van der Waals surface area contributed by atoms with Gasteiger partial charge < -0.3 is 30.4 Å². The van der Waals surface area contributed by atoms with Crippen LogP contribution in [-0.2, 0) is 0 Å². The molecule has 0 aromatic carbocycles. The summed E-state index contributed by atoms with van der Waals surface area (Å²) in [6.45, 7) is 10.1. The molecule has 11 heteroatoms. The number of halogens is 1. The van der Waals surface area contributed by atoms with Gasteiger partial charge in [0.1, 0.15) is 17.3 Å². The number of rotatable bonds is 8. The molecular weight excluding hydrogens is 465 g/mol. The smallest absolute Gasteiger partial charge is 0.272 e. The summed E-state index contributed by atoms with van der Waals surface area (Å²) in [7, 11) is 1.57. The van der Waals surface area contributed by atoms with Gasteiger partial charge in [0.15, 0.2) is 11.6 Å². The van der Waals surface area contributed by atoms with Gasteiger partial charge >= 0.3 is 0 Å². The van der Waals surface area contributed by atoms with Gasteiger partial charge in [-0.25, -0.2) is 14.4 Å². The van der Waals surface area contributed by atoms with Gasteiger partial charge in [0, 0.05) is 30.9 Å². The van der Waals surface area contributed by atoms with E-state index in [0.717, 1.165) is 0 Å².